The fourth-order valence-corrected chi connectivity index (χ4v) is 4.24. The first-order valence-corrected chi connectivity index (χ1v) is 10.7. The van der Waals surface area contributed by atoms with Crippen LogP contribution >= 0.6 is 19.2 Å². The van der Waals surface area contributed by atoms with Gasteiger partial charge in [-0.15, -0.1) is 11.6 Å². The maximum atomic E-state index is 12.7. The van der Waals surface area contributed by atoms with Crippen LogP contribution in [0.4, 0.5) is 0 Å². The van der Waals surface area contributed by atoms with E-state index in [9.17, 15) is 14.2 Å². The van der Waals surface area contributed by atoms with Gasteiger partial charge in [0, 0.05) is 12.8 Å². The van der Waals surface area contributed by atoms with Crippen molar-refractivity contribution < 1.29 is 27.9 Å². The zero-order valence-electron chi connectivity index (χ0n) is 15.4. The van der Waals surface area contributed by atoms with Crippen molar-refractivity contribution in [3.05, 3.63) is 35.9 Å². The molecule has 0 fully saturated rings. The quantitative estimate of drug-likeness (QED) is 0.281. The normalized spacial score (nSPS) is 13.8. The molecule has 146 valence electrons. The topological polar surface area (TPSA) is 78.9 Å². The third kappa shape index (κ3) is 6.84. The van der Waals surface area contributed by atoms with Crippen LogP contribution in [0.1, 0.15) is 51.7 Å². The number of ether oxygens (including phenoxy) is 1. The molecule has 0 radical (unpaired) electrons. The summed E-state index contributed by atoms with van der Waals surface area (Å²) in [5.41, 5.74) is 0.664. The molecule has 6 nitrogen and oxygen atoms in total. The molecule has 26 heavy (non-hydrogen) atoms. The van der Waals surface area contributed by atoms with Gasteiger partial charge < -0.3 is 13.8 Å². The summed E-state index contributed by atoms with van der Waals surface area (Å²) in [6, 6.07) is 8.89. The second-order valence-corrected chi connectivity index (χ2v) is 8.37. The van der Waals surface area contributed by atoms with Crippen molar-refractivity contribution in [2.45, 2.75) is 51.3 Å². The minimum Gasteiger partial charge on any atom is -0.457 e. The Morgan fingerprint density at radius 1 is 1.08 bits per heavy atom. The molecule has 0 amide bonds. The Morgan fingerprint density at radius 2 is 1.65 bits per heavy atom. The summed E-state index contributed by atoms with van der Waals surface area (Å²) in [5.74, 6) is -0.965. The predicted molar refractivity (Wildman–Crippen MR) is 100 cm³/mol. The number of alkyl halides is 1. The highest BCUT2D eigenvalue weighted by atomic mass is 35.5. The molecule has 0 heterocycles. The van der Waals surface area contributed by atoms with Gasteiger partial charge in [-0.25, -0.2) is 0 Å². The lowest BCUT2D eigenvalue weighted by molar-refractivity contribution is -0.150. The Bertz CT molecular complexity index is 611. The molecule has 0 aromatic heterocycles. The molecule has 0 spiro atoms. The number of hydrogen-bond donors (Lipinski definition) is 0. The molecule has 1 aromatic carbocycles. The Kier molecular flexibility index (Phi) is 10.1. The number of esters is 1. The van der Waals surface area contributed by atoms with Crippen LogP contribution in [-0.2, 0) is 27.9 Å². The summed E-state index contributed by atoms with van der Waals surface area (Å²) in [4.78, 5) is 24.5. The standard InChI is InChI=1S/C18H26ClO6P/c1-4-10-17(21)25-16(14-11-8-7-9-12-14)13-15(20)18(19)26(22,23-5-2)24-6-3/h7-9,11-12,16,18H,4-6,10,13H2,1-3H3/t16-,18?/m0/s1. The third-order valence-corrected chi connectivity index (χ3v) is 6.49. The van der Waals surface area contributed by atoms with Crippen molar-refractivity contribution in [3.63, 3.8) is 0 Å². The largest absolute Gasteiger partial charge is 0.457 e. The fourth-order valence-electron chi connectivity index (χ4n) is 2.30. The van der Waals surface area contributed by atoms with Crippen LogP contribution in [0.5, 0.6) is 0 Å². The van der Waals surface area contributed by atoms with Crippen LogP contribution in [0.15, 0.2) is 30.3 Å². The maximum Gasteiger partial charge on any atom is 0.355 e. The smallest absolute Gasteiger partial charge is 0.355 e. The molecule has 1 rings (SSSR count). The van der Waals surface area contributed by atoms with Crippen LogP contribution in [0, 0.1) is 0 Å². The van der Waals surface area contributed by atoms with Crippen molar-refractivity contribution in [3.8, 4) is 0 Å². The molecule has 8 heteroatoms. The molecule has 2 atom stereocenters. The minimum atomic E-state index is -3.79. The molecule has 0 saturated carbocycles. The number of benzene rings is 1. The van der Waals surface area contributed by atoms with Crippen LogP contribution in [0.25, 0.3) is 0 Å². The monoisotopic (exact) mass is 404 g/mol. The Hall–Kier alpha value is -1.20. The van der Waals surface area contributed by atoms with Gasteiger partial charge >= 0.3 is 13.6 Å². The number of hydrogen-bond acceptors (Lipinski definition) is 6. The van der Waals surface area contributed by atoms with Crippen molar-refractivity contribution in [2.24, 2.45) is 0 Å². The Balaban J connectivity index is 2.96. The first-order chi connectivity index (χ1) is 12.4. The molecule has 0 saturated heterocycles. The van der Waals surface area contributed by atoms with Gasteiger partial charge in [0.2, 0.25) is 0 Å². The Morgan fingerprint density at radius 3 is 2.15 bits per heavy atom. The van der Waals surface area contributed by atoms with E-state index in [-0.39, 0.29) is 26.1 Å². The lowest BCUT2D eigenvalue weighted by Crippen LogP contribution is -2.22. The van der Waals surface area contributed by atoms with Crippen molar-refractivity contribution >= 4 is 30.9 Å². The fraction of sp³-hybridized carbons (Fsp3) is 0.556. The summed E-state index contributed by atoms with van der Waals surface area (Å²) in [6.07, 6.45) is -0.132. The third-order valence-electron chi connectivity index (χ3n) is 3.45. The summed E-state index contributed by atoms with van der Waals surface area (Å²) < 4.78 is 28.4. The van der Waals surface area contributed by atoms with E-state index in [0.29, 0.717) is 12.0 Å². The summed E-state index contributed by atoms with van der Waals surface area (Å²) >= 11 is 6.12. The lowest BCUT2D eigenvalue weighted by Gasteiger charge is -2.23. The van der Waals surface area contributed by atoms with Gasteiger partial charge in [0.15, 0.2) is 10.9 Å². The van der Waals surface area contributed by atoms with E-state index in [1.807, 2.05) is 13.0 Å². The summed E-state index contributed by atoms with van der Waals surface area (Å²) in [6.45, 7) is 5.33. The van der Waals surface area contributed by atoms with Gasteiger partial charge in [0.1, 0.15) is 6.10 Å². The van der Waals surface area contributed by atoms with Crippen LogP contribution < -0.4 is 0 Å². The number of rotatable bonds is 12. The Labute approximate surface area is 159 Å². The van der Waals surface area contributed by atoms with Gasteiger partial charge in [0.25, 0.3) is 0 Å². The average molecular weight is 405 g/mol. The van der Waals surface area contributed by atoms with Crippen molar-refractivity contribution in [2.75, 3.05) is 13.2 Å². The molecular formula is C18H26ClO6P. The van der Waals surface area contributed by atoms with Gasteiger partial charge in [-0.05, 0) is 25.8 Å². The molecule has 1 aromatic rings. The summed E-state index contributed by atoms with van der Waals surface area (Å²) in [7, 11) is -3.79. The van der Waals surface area contributed by atoms with Crippen molar-refractivity contribution in [1.82, 2.24) is 0 Å². The predicted octanol–water partition coefficient (Wildman–Crippen LogP) is 4.86. The number of ketones is 1. The number of Topliss-reactive ketones (excluding diaryl/α,β-unsaturated/α-hetero) is 1. The molecule has 0 aliphatic heterocycles. The summed E-state index contributed by atoms with van der Waals surface area (Å²) in [5, 5.41) is -1.46. The molecule has 0 bridgehead atoms. The molecule has 1 unspecified atom stereocenters. The van der Waals surface area contributed by atoms with Gasteiger partial charge in [-0.2, -0.15) is 0 Å². The second kappa shape index (κ2) is 11.5. The van der Waals surface area contributed by atoms with E-state index in [2.05, 4.69) is 0 Å². The molecule has 0 aliphatic rings. The zero-order chi connectivity index (χ0) is 19.6. The second-order valence-electron chi connectivity index (χ2n) is 5.52. The van der Waals surface area contributed by atoms with E-state index in [1.165, 1.54) is 0 Å². The van der Waals surface area contributed by atoms with Crippen LogP contribution in [0.2, 0.25) is 0 Å². The number of halogens is 1. The van der Waals surface area contributed by atoms with Gasteiger partial charge in [-0.1, -0.05) is 37.3 Å². The van der Waals surface area contributed by atoms with E-state index < -0.39 is 30.6 Å². The SMILES string of the molecule is CCCC(=O)O[C@@H](CC(=O)C(Cl)P(=O)(OCC)OCC)c1ccccc1. The highest BCUT2D eigenvalue weighted by Crippen LogP contribution is 2.55. The van der Waals surface area contributed by atoms with Crippen LogP contribution in [0.3, 0.4) is 0 Å². The zero-order valence-corrected chi connectivity index (χ0v) is 17.0. The van der Waals surface area contributed by atoms with Gasteiger partial charge in [0.05, 0.1) is 13.2 Å². The number of carbonyl (C=O) groups excluding carboxylic acids is 2. The first kappa shape index (κ1) is 22.8. The lowest BCUT2D eigenvalue weighted by atomic mass is 10.0. The van der Waals surface area contributed by atoms with E-state index in [4.69, 9.17) is 25.4 Å². The first-order valence-electron chi connectivity index (χ1n) is 8.67. The van der Waals surface area contributed by atoms with Gasteiger partial charge in [-0.3, -0.25) is 14.2 Å². The van der Waals surface area contributed by atoms with Crippen LogP contribution in [-0.4, -0.2) is 30.1 Å². The molecule has 0 aliphatic carbocycles. The van der Waals surface area contributed by atoms with E-state index in [0.717, 1.165) is 0 Å². The minimum absolute atomic E-state index is 0.0986. The highest BCUT2D eigenvalue weighted by Gasteiger charge is 2.40. The van der Waals surface area contributed by atoms with E-state index in [1.54, 1.807) is 38.1 Å². The number of carbonyl (C=O) groups is 2. The van der Waals surface area contributed by atoms with E-state index >= 15 is 0 Å². The highest BCUT2D eigenvalue weighted by molar-refractivity contribution is 7.57. The average Bonchev–Trinajstić information content (AvgIpc) is 2.61. The molecule has 0 N–H and O–H groups in total. The molecular weight excluding hydrogens is 379 g/mol. The maximum absolute atomic E-state index is 12.7. The van der Waals surface area contributed by atoms with Crippen molar-refractivity contribution in [1.29, 1.82) is 0 Å².